The molecule has 0 bridgehead atoms. The summed E-state index contributed by atoms with van der Waals surface area (Å²) in [6.45, 7) is 3.45. The fourth-order valence-corrected chi connectivity index (χ4v) is 5.80. The van der Waals surface area contributed by atoms with Crippen molar-refractivity contribution in [1.29, 1.82) is 0 Å². The number of hydrogen-bond acceptors (Lipinski definition) is 6. The van der Waals surface area contributed by atoms with E-state index in [9.17, 15) is 4.79 Å². The van der Waals surface area contributed by atoms with Crippen LogP contribution in [0.3, 0.4) is 0 Å². The molecule has 1 amide bonds. The van der Waals surface area contributed by atoms with Crippen LogP contribution in [0.25, 0.3) is 27.9 Å². The average molecular weight is 485 g/mol. The zero-order valence-corrected chi connectivity index (χ0v) is 21.1. The Labute approximate surface area is 211 Å². The van der Waals surface area contributed by atoms with Gasteiger partial charge < -0.3 is 19.9 Å². The molecular weight excluding hydrogens is 452 g/mol. The van der Waals surface area contributed by atoms with Crippen molar-refractivity contribution in [3.63, 3.8) is 0 Å². The predicted octanol–water partition coefficient (Wildman–Crippen LogP) is 3.72. The molecule has 0 unspecified atom stereocenters. The van der Waals surface area contributed by atoms with Crippen LogP contribution in [0.1, 0.15) is 48.9 Å². The molecular formula is C28H32N6O2. The molecule has 2 atom stereocenters. The molecule has 3 aromatic heterocycles. The van der Waals surface area contributed by atoms with Gasteiger partial charge in [0.05, 0.1) is 23.7 Å². The first-order valence-electron chi connectivity index (χ1n) is 12.5. The van der Waals surface area contributed by atoms with Crippen molar-refractivity contribution in [3.8, 4) is 23.6 Å². The van der Waals surface area contributed by atoms with Gasteiger partial charge in [-0.3, -0.25) is 4.79 Å². The fourth-order valence-electron chi connectivity index (χ4n) is 5.80. The number of methoxy groups -OCH3 is 1. The van der Waals surface area contributed by atoms with E-state index in [-0.39, 0.29) is 17.9 Å². The number of nitrogens with zero attached hydrogens (tertiary/aromatic N) is 5. The zero-order valence-electron chi connectivity index (χ0n) is 21.1. The van der Waals surface area contributed by atoms with E-state index in [1.165, 1.54) is 6.33 Å². The average Bonchev–Trinajstić information content (AvgIpc) is 3.47. The van der Waals surface area contributed by atoms with Crippen LogP contribution in [-0.4, -0.2) is 56.6 Å². The molecule has 2 N–H and O–H groups in total. The normalized spacial score (nSPS) is 19.9. The number of likely N-dealkylation sites (tertiary alicyclic amines) is 1. The molecule has 4 heterocycles. The third kappa shape index (κ3) is 4.03. The number of fused-ring (bicyclic) bond motifs is 1. The maximum atomic E-state index is 13.4. The van der Waals surface area contributed by atoms with Crippen LogP contribution in [0.4, 0.5) is 5.82 Å². The number of anilines is 1. The Morgan fingerprint density at radius 2 is 2.14 bits per heavy atom. The second-order valence-electron chi connectivity index (χ2n) is 9.75. The lowest BCUT2D eigenvalue weighted by Gasteiger charge is -2.30. The van der Waals surface area contributed by atoms with E-state index in [0.717, 1.165) is 71.2 Å². The van der Waals surface area contributed by atoms with Gasteiger partial charge in [-0.1, -0.05) is 12.0 Å². The standard InChI is InChI=1S/C28H32N6O2/c1-5-20-13-17(2)22(14-30-20)25-23(24-26(29)31-16-32-27(24)33(25)3)18-8-10-19(11-9-18)28(35)34-12-6-7-21(34)15-36-4/h1,8,13-14,16,19,21H,6-7,9-12,15H2,2-4H3,(H2,29,31,32)/t19-,21+/m1/s1. The molecule has 186 valence electrons. The SMILES string of the molecule is C#Cc1cc(C)c(-c2c(C3=CC[C@@H](C(=O)N4CCC[C@H]4COC)CC3)c3c(N)ncnc3n2C)cn1. The Kier molecular flexibility index (Phi) is 6.50. The first kappa shape index (κ1) is 24.0. The number of rotatable bonds is 5. The number of hydrogen-bond donors (Lipinski definition) is 1. The van der Waals surface area contributed by atoms with Gasteiger partial charge in [-0.05, 0) is 56.2 Å². The summed E-state index contributed by atoms with van der Waals surface area (Å²) in [5.74, 6) is 3.28. The smallest absolute Gasteiger partial charge is 0.226 e. The molecule has 0 radical (unpaired) electrons. The third-order valence-corrected chi connectivity index (χ3v) is 7.61. The van der Waals surface area contributed by atoms with Crippen molar-refractivity contribution < 1.29 is 9.53 Å². The number of nitrogen functional groups attached to an aromatic ring is 1. The predicted molar refractivity (Wildman–Crippen MR) is 141 cm³/mol. The van der Waals surface area contributed by atoms with Gasteiger partial charge in [-0.2, -0.15) is 0 Å². The highest BCUT2D eigenvalue weighted by Gasteiger charge is 2.34. The highest BCUT2D eigenvalue weighted by molar-refractivity contribution is 6.04. The second kappa shape index (κ2) is 9.75. The number of aromatic nitrogens is 4. The summed E-state index contributed by atoms with van der Waals surface area (Å²) in [4.78, 5) is 28.7. The van der Waals surface area contributed by atoms with Crippen molar-refractivity contribution in [2.75, 3.05) is 26.0 Å². The number of amides is 1. The van der Waals surface area contributed by atoms with Gasteiger partial charge >= 0.3 is 0 Å². The number of allylic oxidation sites excluding steroid dienone is 2. The van der Waals surface area contributed by atoms with Crippen molar-refractivity contribution in [2.45, 2.75) is 45.1 Å². The Balaban J connectivity index is 1.55. The van der Waals surface area contributed by atoms with Crippen molar-refractivity contribution in [2.24, 2.45) is 13.0 Å². The molecule has 1 aliphatic carbocycles. The van der Waals surface area contributed by atoms with Gasteiger partial charge in [0.2, 0.25) is 5.91 Å². The molecule has 3 aromatic rings. The van der Waals surface area contributed by atoms with Crippen molar-refractivity contribution in [3.05, 3.63) is 41.5 Å². The van der Waals surface area contributed by atoms with Gasteiger partial charge in [0.1, 0.15) is 23.5 Å². The van der Waals surface area contributed by atoms with Crippen LogP contribution in [0.5, 0.6) is 0 Å². The van der Waals surface area contributed by atoms with Crippen molar-refractivity contribution in [1.82, 2.24) is 24.4 Å². The Morgan fingerprint density at radius 1 is 1.31 bits per heavy atom. The van der Waals surface area contributed by atoms with Gasteiger partial charge in [-0.15, -0.1) is 6.42 Å². The van der Waals surface area contributed by atoms with Gasteiger partial charge in [-0.25, -0.2) is 15.0 Å². The van der Waals surface area contributed by atoms with Crippen LogP contribution in [0, 0.1) is 25.2 Å². The summed E-state index contributed by atoms with van der Waals surface area (Å²) in [7, 11) is 3.69. The lowest BCUT2D eigenvalue weighted by molar-refractivity contribution is -0.137. The van der Waals surface area contributed by atoms with Crippen molar-refractivity contribution >= 4 is 28.3 Å². The minimum absolute atomic E-state index is 0.0171. The lowest BCUT2D eigenvalue weighted by atomic mass is 9.84. The highest BCUT2D eigenvalue weighted by Crippen LogP contribution is 2.43. The van der Waals surface area contributed by atoms with E-state index in [1.807, 2.05) is 31.1 Å². The zero-order chi connectivity index (χ0) is 25.4. The molecule has 0 spiro atoms. The first-order chi connectivity index (χ1) is 17.4. The monoisotopic (exact) mass is 484 g/mol. The summed E-state index contributed by atoms with van der Waals surface area (Å²) in [6.07, 6.45) is 15.4. The van der Waals surface area contributed by atoms with Crippen LogP contribution in [0.2, 0.25) is 0 Å². The largest absolute Gasteiger partial charge is 0.383 e. The van der Waals surface area contributed by atoms with E-state index < -0.39 is 0 Å². The van der Waals surface area contributed by atoms with E-state index in [2.05, 4.69) is 31.5 Å². The molecule has 1 aliphatic heterocycles. The van der Waals surface area contributed by atoms with E-state index in [0.29, 0.717) is 24.5 Å². The van der Waals surface area contributed by atoms with E-state index in [1.54, 1.807) is 7.11 Å². The third-order valence-electron chi connectivity index (χ3n) is 7.61. The molecule has 8 heteroatoms. The first-order valence-corrected chi connectivity index (χ1v) is 12.5. The van der Waals surface area contributed by atoms with E-state index >= 15 is 0 Å². The topological polar surface area (TPSA) is 99.2 Å². The molecule has 1 fully saturated rings. The second-order valence-corrected chi connectivity index (χ2v) is 9.75. The summed E-state index contributed by atoms with van der Waals surface area (Å²) < 4.78 is 7.41. The molecule has 0 saturated carbocycles. The minimum atomic E-state index is -0.0171. The molecule has 2 aliphatic rings. The number of terminal acetylenes is 1. The fraction of sp³-hybridized carbons (Fsp3) is 0.429. The Hall–Kier alpha value is -3.70. The van der Waals surface area contributed by atoms with Crippen LogP contribution in [0.15, 0.2) is 24.7 Å². The number of carbonyl (C=O) groups excluding carboxylic acids is 1. The molecule has 1 saturated heterocycles. The maximum Gasteiger partial charge on any atom is 0.226 e. The van der Waals surface area contributed by atoms with Gasteiger partial charge in [0.25, 0.3) is 0 Å². The summed E-state index contributed by atoms with van der Waals surface area (Å²) >= 11 is 0. The molecule has 8 nitrogen and oxygen atoms in total. The summed E-state index contributed by atoms with van der Waals surface area (Å²) in [5, 5.41) is 0.839. The Bertz CT molecular complexity index is 1400. The molecule has 36 heavy (non-hydrogen) atoms. The number of carbonyl (C=O) groups is 1. The maximum absolute atomic E-state index is 13.4. The molecule has 5 rings (SSSR count). The number of ether oxygens (including phenoxy) is 1. The van der Waals surface area contributed by atoms with Gasteiger partial charge in [0.15, 0.2) is 0 Å². The summed E-state index contributed by atoms with van der Waals surface area (Å²) in [6, 6.07) is 2.11. The van der Waals surface area contributed by atoms with Crippen LogP contribution in [-0.2, 0) is 16.6 Å². The van der Waals surface area contributed by atoms with Crippen LogP contribution >= 0.6 is 0 Å². The summed E-state index contributed by atoms with van der Waals surface area (Å²) in [5.41, 5.74) is 12.9. The van der Waals surface area contributed by atoms with Gasteiger partial charge in [0, 0.05) is 43.9 Å². The highest BCUT2D eigenvalue weighted by atomic mass is 16.5. The molecule has 0 aromatic carbocycles. The number of aryl methyl sites for hydroxylation is 2. The number of nitrogens with two attached hydrogens (primary N) is 1. The Morgan fingerprint density at radius 3 is 2.83 bits per heavy atom. The minimum Gasteiger partial charge on any atom is -0.383 e. The van der Waals surface area contributed by atoms with E-state index in [4.69, 9.17) is 16.9 Å². The lowest BCUT2D eigenvalue weighted by Crippen LogP contribution is -2.42. The number of pyridine rings is 1. The quantitative estimate of drug-likeness (QED) is 0.554. The van der Waals surface area contributed by atoms with Crippen LogP contribution < -0.4 is 5.73 Å².